The molecule has 0 saturated heterocycles. The van der Waals surface area contributed by atoms with Crippen LogP contribution in [0, 0.1) is 6.92 Å². The smallest absolute Gasteiger partial charge is 0.196 e. The first-order chi connectivity index (χ1) is 8.69. The molecule has 0 unspecified atom stereocenters. The van der Waals surface area contributed by atoms with Gasteiger partial charge in [0.15, 0.2) is 5.78 Å². The highest BCUT2D eigenvalue weighted by atomic mass is 16.5. The molecule has 3 heteroatoms. The molecule has 1 saturated carbocycles. The molecule has 0 radical (unpaired) electrons. The van der Waals surface area contributed by atoms with E-state index in [2.05, 4.69) is 4.98 Å². The van der Waals surface area contributed by atoms with Gasteiger partial charge in [0.25, 0.3) is 0 Å². The lowest BCUT2D eigenvalue weighted by molar-refractivity contribution is -0.0411. The Morgan fingerprint density at radius 1 is 1.39 bits per heavy atom. The van der Waals surface area contributed by atoms with Gasteiger partial charge in [-0.25, -0.2) is 0 Å². The van der Waals surface area contributed by atoms with Crippen molar-refractivity contribution < 1.29 is 9.53 Å². The summed E-state index contributed by atoms with van der Waals surface area (Å²) >= 11 is 0. The van der Waals surface area contributed by atoms with E-state index < -0.39 is 5.60 Å². The number of ketones is 1. The van der Waals surface area contributed by atoms with E-state index in [9.17, 15) is 4.79 Å². The number of carbonyl (C=O) groups is 1. The standard InChI is InChI=1S/C15H21NO2/c1-3-18-15(8-5-4-6-9-15)14(17)13-11-16-10-7-12(13)2/h7,10-11H,3-6,8-9H2,1-2H3. The summed E-state index contributed by atoms with van der Waals surface area (Å²) in [6.45, 7) is 4.50. The predicted octanol–water partition coefficient (Wildman–Crippen LogP) is 3.31. The molecule has 0 atom stereocenters. The van der Waals surface area contributed by atoms with E-state index in [4.69, 9.17) is 4.74 Å². The monoisotopic (exact) mass is 247 g/mol. The number of carbonyl (C=O) groups excluding carboxylic acids is 1. The zero-order chi connectivity index (χ0) is 13.0. The zero-order valence-electron chi connectivity index (χ0n) is 11.2. The summed E-state index contributed by atoms with van der Waals surface area (Å²) in [6.07, 6.45) is 8.43. The summed E-state index contributed by atoms with van der Waals surface area (Å²) in [7, 11) is 0. The van der Waals surface area contributed by atoms with E-state index in [0.29, 0.717) is 12.2 Å². The first-order valence-corrected chi connectivity index (χ1v) is 6.79. The Bertz CT molecular complexity index is 417. The highest BCUT2D eigenvalue weighted by molar-refractivity contribution is 6.03. The summed E-state index contributed by atoms with van der Waals surface area (Å²) in [5.41, 5.74) is 1.10. The van der Waals surface area contributed by atoms with Gasteiger partial charge >= 0.3 is 0 Å². The summed E-state index contributed by atoms with van der Waals surface area (Å²) in [6, 6.07) is 1.88. The number of pyridine rings is 1. The van der Waals surface area contributed by atoms with Crippen LogP contribution in [0.2, 0.25) is 0 Å². The Kier molecular flexibility index (Phi) is 4.12. The van der Waals surface area contributed by atoms with Gasteiger partial charge in [-0.15, -0.1) is 0 Å². The number of hydrogen-bond acceptors (Lipinski definition) is 3. The highest BCUT2D eigenvalue weighted by Crippen LogP contribution is 2.35. The summed E-state index contributed by atoms with van der Waals surface area (Å²) in [5.74, 6) is 0.120. The molecule has 1 fully saturated rings. The van der Waals surface area contributed by atoms with Crippen LogP contribution in [0.4, 0.5) is 0 Å². The third-order valence-electron chi connectivity index (χ3n) is 3.78. The molecule has 1 aliphatic rings. The second-order valence-electron chi connectivity index (χ2n) is 5.01. The van der Waals surface area contributed by atoms with Crippen molar-refractivity contribution in [3.63, 3.8) is 0 Å². The zero-order valence-corrected chi connectivity index (χ0v) is 11.2. The van der Waals surface area contributed by atoms with Crippen molar-refractivity contribution in [3.8, 4) is 0 Å². The van der Waals surface area contributed by atoms with E-state index in [1.807, 2.05) is 19.9 Å². The van der Waals surface area contributed by atoms with Crippen LogP contribution in [0.5, 0.6) is 0 Å². The van der Waals surface area contributed by atoms with E-state index in [1.165, 1.54) is 6.42 Å². The fraction of sp³-hybridized carbons (Fsp3) is 0.600. The molecular formula is C15H21NO2. The first kappa shape index (κ1) is 13.2. The van der Waals surface area contributed by atoms with Gasteiger partial charge in [0.05, 0.1) is 0 Å². The lowest BCUT2D eigenvalue weighted by Crippen LogP contribution is -2.43. The molecule has 2 rings (SSSR count). The normalized spacial score (nSPS) is 18.6. The lowest BCUT2D eigenvalue weighted by atomic mass is 9.79. The summed E-state index contributed by atoms with van der Waals surface area (Å²) in [4.78, 5) is 16.8. The fourth-order valence-electron chi connectivity index (χ4n) is 2.78. The Hall–Kier alpha value is -1.22. The molecule has 0 aliphatic heterocycles. The Morgan fingerprint density at radius 3 is 2.72 bits per heavy atom. The van der Waals surface area contributed by atoms with Crippen LogP contribution >= 0.6 is 0 Å². The highest BCUT2D eigenvalue weighted by Gasteiger charge is 2.41. The summed E-state index contributed by atoms with van der Waals surface area (Å²) in [5, 5.41) is 0. The largest absolute Gasteiger partial charge is 0.367 e. The third kappa shape index (κ3) is 2.46. The maximum absolute atomic E-state index is 12.8. The molecule has 1 aromatic rings. The van der Waals surface area contributed by atoms with Crippen LogP contribution in [0.1, 0.15) is 54.9 Å². The van der Waals surface area contributed by atoms with E-state index in [-0.39, 0.29) is 5.78 Å². The maximum atomic E-state index is 12.8. The van der Waals surface area contributed by atoms with Crippen molar-refractivity contribution in [1.29, 1.82) is 0 Å². The first-order valence-electron chi connectivity index (χ1n) is 6.79. The molecule has 0 aromatic carbocycles. The molecular weight excluding hydrogens is 226 g/mol. The second kappa shape index (κ2) is 5.61. The number of Topliss-reactive ketones (excluding diaryl/α,β-unsaturated/α-hetero) is 1. The second-order valence-corrected chi connectivity index (χ2v) is 5.01. The van der Waals surface area contributed by atoms with Crippen molar-refractivity contribution in [2.24, 2.45) is 0 Å². The van der Waals surface area contributed by atoms with Crippen molar-refractivity contribution >= 4 is 5.78 Å². The Labute approximate surface area is 109 Å². The average molecular weight is 247 g/mol. The average Bonchev–Trinajstić information content (AvgIpc) is 2.40. The molecule has 0 amide bonds. The van der Waals surface area contributed by atoms with Crippen molar-refractivity contribution in [1.82, 2.24) is 4.98 Å². The van der Waals surface area contributed by atoms with E-state index in [1.54, 1.807) is 12.4 Å². The quantitative estimate of drug-likeness (QED) is 0.766. The van der Waals surface area contributed by atoms with E-state index >= 15 is 0 Å². The minimum absolute atomic E-state index is 0.120. The van der Waals surface area contributed by atoms with Gasteiger partial charge in [-0.1, -0.05) is 19.3 Å². The SMILES string of the molecule is CCOC1(C(=O)c2cnccc2C)CCCCC1. The molecule has 1 aliphatic carbocycles. The van der Waals surface area contributed by atoms with Gasteiger partial charge in [-0.2, -0.15) is 0 Å². The minimum atomic E-state index is -0.596. The van der Waals surface area contributed by atoms with Gasteiger partial charge in [0, 0.05) is 24.6 Å². The minimum Gasteiger partial charge on any atom is -0.367 e. The van der Waals surface area contributed by atoms with Gasteiger partial charge in [0.1, 0.15) is 5.60 Å². The van der Waals surface area contributed by atoms with Gasteiger partial charge < -0.3 is 4.74 Å². The van der Waals surface area contributed by atoms with Crippen molar-refractivity contribution in [3.05, 3.63) is 29.6 Å². The number of ether oxygens (including phenoxy) is 1. The van der Waals surface area contributed by atoms with Gasteiger partial charge in [-0.3, -0.25) is 9.78 Å². The molecule has 3 nitrogen and oxygen atoms in total. The predicted molar refractivity (Wildman–Crippen MR) is 70.7 cm³/mol. The van der Waals surface area contributed by atoms with Crippen molar-refractivity contribution in [2.45, 2.75) is 51.6 Å². The van der Waals surface area contributed by atoms with Crippen LogP contribution in [0.25, 0.3) is 0 Å². The third-order valence-corrected chi connectivity index (χ3v) is 3.78. The van der Waals surface area contributed by atoms with Gasteiger partial charge in [0.2, 0.25) is 0 Å². The maximum Gasteiger partial charge on any atom is 0.196 e. The summed E-state index contributed by atoms with van der Waals surface area (Å²) < 4.78 is 5.86. The Morgan fingerprint density at radius 2 is 2.11 bits per heavy atom. The number of aromatic nitrogens is 1. The molecule has 0 N–H and O–H groups in total. The molecule has 0 bridgehead atoms. The van der Waals surface area contributed by atoms with Gasteiger partial charge in [-0.05, 0) is 38.3 Å². The van der Waals surface area contributed by atoms with Crippen LogP contribution in [0.3, 0.4) is 0 Å². The lowest BCUT2D eigenvalue weighted by Gasteiger charge is -2.35. The van der Waals surface area contributed by atoms with E-state index in [0.717, 1.165) is 31.2 Å². The van der Waals surface area contributed by atoms with Crippen LogP contribution < -0.4 is 0 Å². The fourth-order valence-corrected chi connectivity index (χ4v) is 2.78. The van der Waals surface area contributed by atoms with Crippen molar-refractivity contribution in [2.75, 3.05) is 6.61 Å². The molecule has 0 spiro atoms. The molecule has 98 valence electrons. The molecule has 1 aromatic heterocycles. The topological polar surface area (TPSA) is 39.2 Å². The van der Waals surface area contributed by atoms with Crippen LogP contribution in [0.15, 0.2) is 18.5 Å². The van der Waals surface area contributed by atoms with Crippen LogP contribution in [-0.4, -0.2) is 23.0 Å². The van der Waals surface area contributed by atoms with Crippen LogP contribution in [-0.2, 0) is 4.74 Å². The Balaban J connectivity index is 2.31. The molecule has 18 heavy (non-hydrogen) atoms. The number of hydrogen-bond donors (Lipinski definition) is 0. The number of nitrogens with zero attached hydrogens (tertiary/aromatic N) is 1. The number of rotatable bonds is 4. The molecule has 1 heterocycles. The number of aryl methyl sites for hydroxylation is 1.